The highest BCUT2D eigenvalue weighted by Gasteiger charge is 2.19. The molecule has 0 amide bonds. The van der Waals surface area contributed by atoms with Crippen molar-refractivity contribution in [2.45, 2.75) is 0 Å². The highest BCUT2D eigenvalue weighted by Crippen LogP contribution is 2.42. The molecule has 0 saturated heterocycles. The lowest BCUT2D eigenvalue weighted by Gasteiger charge is -2.12. The molecule has 5 nitrogen and oxygen atoms in total. The molecule has 5 heteroatoms. The zero-order chi connectivity index (χ0) is 41.0. The molecule has 0 bridgehead atoms. The van der Waals surface area contributed by atoms with E-state index in [0.29, 0.717) is 17.5 Å². The molecule has 3 aromatic heterocycles. The van der Waals surface area contributed by atoms with E-state index in [1.165, 1.54) is 0 Å². The molecule has 3 heterocycles. The minimum Gasteiger partial charge on any atom is -0.456 e. The Kier molecular flexibility index (Phi) is 8.42. The largest absolute Gasteiger partial charge is 0.456 e. The lowest BCUT2D eigenvalue weighted by Crippen LogP contribution is -2.00. The third-order valence-electron chi connectivity index (χ3n) is 11.8. The van der Waals surface area contributed by atoms with Gasteiger partial charge in [0.15, 0.2) is 17.5 Å². The summed E-state index contributed by atoms with van der Waals surface area (Å²) in [4.78, 5) is 15.3. The van der Waals surface area contributed by atoms with Gasteiger partial charge in [0.2, 0.25) is 0 Å². The normalized spacial score (nSPS) is 11.5. The van der Waals surface area contributed by atoms with E-state index in [9.17, 15) is 0 Å². The maximum Gasteiger partial charge on any atom is 0.164 e. The van der Waals surface area contributed by atoms with Crippen molar-refractivity contribution in [1.82, 2.24) is 15.0 Å². The first-order valence-corrected chi connectivity index (χ1v) is 20.7. The fraction of sp³-hybridized carbons (Fsp3) is 0. The van der Waals surface area contributed by atoms with Crippen molar-refractivity contribution in [1.29, 1.82) is 0 Å². The fourth-order valence-corrected chi connectivity index (χ4v) is 8.73. The van der Waals surface area contributed by atoms with Crippen LogP contribution in [0.25, 0.3) is 123 Å². The Bertz CT molecular complexity index is 3630. The van der Waals surface area contributed by atoms with Crippen molar-refractivity contribution in [2.24, 2.45) is 0 Å². The second-order valence-electron chi connectivity index (χ2n) is 15.5. The number of hydrogen-bond donors (Lipinski definition) is 0. The van der Waals surface area contributed by atoms with E-state index >= 15 is 0 Å². The summed E-state index contributed by atoms with van der Waals surface area (Å²) in [5.41, 5.74) is 14.9. The van der Waals surface area contributed by atoms with E-state index < -0.39 is 0 Å². The van der Waals surface area contributed by atoms with Gasteiger partial charge >= 0.3 is 0 Å². The molecule has 0 unspecified atom stereocenters. The van der Waals surface area contributed by atoms with Gasteiger partial charge in [0.05, 0.1) is 0 Å². The lowest BCUT2D eigenvalue weighted by molar-refractivity contribution is 0.668. The Morgan fingerprint density at radius 1 is 0.242 bits per heavy atom. The molecule has 0 aliphatic heterocycles. The summed E-state index contributed by atoms with van der Waals surface area (Å²) < 4.78 is 13.0. The molecule has 0 saturated carbocycles. The zero-order valence-corrected chi connectivity index (χ0v) is 33.4. The number of nitrogens with zero attached hydrogens (tertiary/aromatic N) is 3. The van der Waals surface area contributed by atoms with Gasteiger partial charge in [0.25, 0.3) is 0 Å². The standard InChI is InChI=1S/C57H35N3O2/c1-3-13-36(14-4-1)38-25-27-39(28-26-38)55-58-56(42-18-11-17-40(33-42)37-15-5-2-6-16-37)60-57(59-55)43-30-32-49-53(35-43)62-51-24-12-22-48(54(49)51)45-20-8-7-19-44(45)41-29-31-47-46-21-9-10-23-50(46)61-52(47)34-41/h1-35H. The topological polar surface area (TPSA) is 65.0 Å². The van der Waals surface area contributed by atoms with Gasteiger partial charge in [-0.05, 0) is 87.0 Å². The molecule has 0 aliphatic carbocycles. The van der Waals surface area contributed by atoms with E-state index in [4.69, 9.17) is 23.8 Å². The average molecular weight is 794 g/mol. The van der Waals surface area contributed by atoms with E-state index in [1.807, 2.05) is 30.3 Å². The number of para-hydroxylation sites is 1. The van der Waals surface area contributed by atoms with Gasteiger partial charge in [-0.3, -0.25) is 0 Å². The maximum atomic E-state index is 6.68. The minimum absolute atomic E-state index is 0.566. The van der Waals surface area contributed by atoms with E-state index in [1.54, 1.807) is 0 Å². The van der Waals surface area contributed by atoms with Crippen LogP contribution in [0.5, 0.6) is 0 Å². The SMILES string of the molecule is c1ccc(-c2ccc(-c3nc(-c4cccc(-c5ccccc5)c4)nc(-c4ccc5c(c4)oc4cccc(-c6ccccc6-c6ccc7c(c6)oc6ccccc67)c45)n3)cc2)cc1. The second kappa shape index (κ2) is 14.7. The van der Waals surface area contributed by atoms with Crippen molar-refractivity contribution in [3.8, 4) is 78.7 Å². The van der Waals surface area contributed by atoms with Crippen LogP contribution >= 0.6 is 0 Å². The Morgan fingerprint density at radius 3 is 1.48 bits per heavy atom. The fourth-order valence-electron chi connectivity index (χ4n) is 8.73. The number of rotatable bonds is 7. The summed E-state index contributed by atoms with van der Waals surface area (Å²) in [7, 11) is 0. The van der Waals surface area contributed by atoms with E-state index in [2.05, 4.69) is 182 Å². The average Bonchev–Trinajstić information content (AvgIpc) is 3.92. The molecule has 0 spiro atoms. The first-order valence-electron chi connectivity index (χ1n) is 20.7. The minimum atomic E-state index is 0.566. The van der Waals surface area contributed by atoms with Gasteiger partial charge in [-0.15, -0.1) is 0 Å². The third kappa shape index (κ3) is 6.23. The molecular formula is C57H35N3O2. The van der Waals surface area contributed by atoms with Crippen molar-refractivity contribution in [3.05, 3.63) is 212 Å². The van der Waals surface area contributed by atoms with Crippen LogP contribution in [0.4, 0.5) is 0 Å². The number of furan rings is 2. The molecule has 0 atom stereocenters. The van der Waals surface area contributed by atoms with Crippen LogP contribution < -0.4 is 0 Å². The van der Waals surface area contributed by atoms with Crippen LogP contribution in [-0.4, -0.2) is 15.0 Å². The number of fused-ring (bicyclic) bond motifs is 6. The molecular weight excluding hydrogens is 759 g/mol. The van der Waals surface area contributed by atoms with Crippen LogP contribution in [0.2, 0.25) is 0 Å². The van der Waals surface area contributed by atoms with Crippen molar-refractivity contribution >= 4 is 43.9 Å². The van der Waals surface area contributed by atoms with Crippen LogP contribution in [-0.2, 0) is 0 Å². The molecule has 12 rings (SSSR count). The first kappa shape index (κ1) is 35.5. The summed E-state index contributed by atoms with van der Waals surface area (Å²) in [6.45, 7) is 0. The van der Waals surface area contributed by atoms with Crippen molar-refractivity contribution in [2.75, 3.05) is 0 Å². The summed E-state index contributed by atoms with van der Waals surface area (Å²) in [6.07, 6.45) is 0. The highest BCUT2D eigenvalue weighted by atomic mass is 16.3. The quantitative estimate of drug-likeness (QED) is 0.161. The predicted octanol–water partition coefficient (Wildman–Crippen LogP) is 15.3. The van der Waals surface area contributed by atoms with Crippen LogP contribution in [0.3, 0.4) is 0 Å². The third-order valence-corrected chi connectivity index (χ3v) is 11.8. The summed E-state index contributed by atoms with van der Waals surface area (Å²) >= 11 is 0. The van der Waals surface area contributed by atoms with Crippen LogP contribution in [0.15, 0.2) is 221 Å². The number of benzene rings is 9. The van der Waals surface area contributed by atoms with Gasteiger partial charge in [0, 0.05) is 38.2 Å². The van der Waals surface area contributed by atoms with Gasteiger partial charge < -0.3 is 8.83 Å². The van der Waals surface area contributed by atoms with E-state index in [-0.39, 0.29) is 0 Å². The van der Waals surface area contributed by atoms with Gasteiger partial charge in [0.1, 0.15) is 22.3 Å². The van der Waals surface area contributed by atoms with Gasteiger partial charge in [-0.1, -0.05) is 170 Å². The molecule has 0 fully saturated rings. The molecule has 9 aromatic carbocycles. The smallest absolute Gasteiger partial charge is 0.164 e. The van der Waals surface area contributed by atoms with Gasteiger partial charge in [-0.2, -0.15) is 0 Å². The predicted molar refractivity (Wildman–Crippen MR) is 252 cm³/mol. The Morgan fingerprint density at radius 2 is 0.694 bits per heavy atom. The van der Waals surface area contributed by atoms with Crippen LogP contribution in [0, 0.1) is 0 Å². The lowest BCUT2D eigenvalue weighted by atomic mass is 9.91. The molecule has 0 N–H and O–H groups in total. The summed E-state index contributed by atoms with van der Waals surface area (Å²) in [6, 6.07) is 73.4. The van der Waals surface area contributed by atoms with E-state index in [0.717, 1.165) is 105 Å². The monoisotopic (exact) mass is 793 g/mol. The van der Waals surface area contributed by atoms with Gasteiger partial charge in [-0.25, -0.2) is 15.0 Å². The Balaban J connectivity index is 0.973. The molecule has 62 heavy (non-hydrogen) atoms. The second-order valence-corrected chi connectivity index (χ2v) is 15.5. The van der Waals surface area contributed by atoms with Crippen molar-refractivity contribution in [3.63, 3.8) is 0 Å². The van der Waals surface area contributed by atoms with Crippen molar-refractivity contribution < 1.29 is 8.83 Å². The molecule has 0 aliphatic rings. The number of hydrogen-bond acceptors (Lipinski definition) is 5. The Labute approximate surface area is 357 Å². The molecule has 290 valence electrons. The first-order chi connectivity index (χ1) is 30.7. The zero-order valence-electron chi connectivity index (χ0n) is 33.4. The maximum absolute atomic E-state index is 6.68. The summed E-state index contributed by atoms with van der Waals surface area (Å²) in [5, 5.41) is 4.30. The Hall–Kier alpha value is -8.41. The molecule has 0 radical (unpaired) electrons. The number of aromatic nitrogens is 3. The van der Waals surface area contributed by atoms with Crippen LogP contribution in [0.1, 0.15) is 0 Å². The molecule has 12 aromatic rings. The summed E-state index contributed by atoms with van der Waals surface area (Å²) in [5.74, 6) is 1.76. The highest BCUT2D eigenvalue weighted by molar-refractivity contribution is 6.14.